The maximum Gasteiger partial charge on any atom is 0.407 e. The number of carboxylic acid groups (broad SMARTS) is 2. The Morgan fingerprint density at radius 3 is 2.38 bits per heavy atom. The van der Waals surface area contributed by atoms with E-state index in [-0.39, 0.29) is 11.7 Å². The predicted molar refractivity (Wildman–Crippen MR) is 85.1 cm³/mol. The van der Waals surface area contributed by atoms with E-state index in [0.717, 1.165) is 5.56 Å². The monoisotopic (exact) mass is 328 g/mol. The van der Waals surface area contributed by atoms with Gasteiger partial charge in [-0.15, -0.1) is 0 Å². The lowest BCUT2D eigenvalue weighted by Crippen LogP contribution is -2.50. The van der Waals surface area contributed by atoms with E-state index < -0.39 is 12.1 Å². The van der Waals surface area contributed by atoms with Gasteiger partial charge in [0.25, 0.3) is 0 Å². The lowest BCUT2D eigenvalue weighted by atomic mass is 10.0. The molecule has 3 rings (SSSR count). The number of hydrogen-bond acceptors (Lipinski definition) is 5. The van der Waals surface area contributed by atoms with Crippen LogP contribution in [0.4, 0.5) is 10.6 Å². The molecule has 0 spiro atoms. The van der Waals surface area contributed by atoms with Crippen LogP contribution >= 0.6 is 0 Å². The first-order chi connectivity index (χ1) is 11.6. The van der Waals surface area contributed by atoms with Crippen LogP contribution < -0.4 is 4.90 Å². The molecule has 2 aromatic rings. The van der Waals surface area contributed by atoms with E-state index in [4.69, 9.17) is 5.11 Å². The van der Waals surface area contributed by atoms with E-state index in [1.54, 1.807) is 0 Å². The van der Waals surface area contributed by atoms with Crippen LogP contribution in [0.3, 0.4) is 0 Å². The molecular formula is C16H16N4O4. The fourth-order valence-corrected chi connectivity index (χ4v) is 2.77. The number of hydrogen-bond donors (Lipinski definition) is 2. The zero-order valence-corrected chi connectivity index (χ0v) is 12.7. The van der Waals surface area contributed by atoms with Crippen LogP contribution in [-0.2, 0) is 0 Å². The molecular weight excluding hydrogens is 312 g/mol. The molecule has 1 unspecified atom stereocenters. The predicted octanol–water partition coefficient (Wildman–Crippen LogP) is 1.72. The fourth-order valence-electron chi connectivity index (χ4n) is 2.77. The largest absolute Gasteiger partial charge is 0.476 e. The standard InChI is InChI=1S/C16H16N4O4/c21-15(22)12-8-18-14(9-17-12)20-7-6-19(16(23)24)10-13(20)11-4-2-1-3-5-11/h1-5,8-9,13H,6-7,10H2,(H,21,22)(H,23,24). The van der Waals surface area contributed by atoms with Gasteiger partial charge in [-0.1, -0.05) is 30.3 Å². The summed E-state index contributed by atoms with van der Waals surface area (Å²) in [7, 11) is 0. The Labute approximate surface area is 138 Å². The summed E-state index contributed by atoms with van der Waals surface area (Å²) in [5.41, 5.74) is 0.840. The van der Waals surface area contributed by atoms with Crippen LogP contribution in [0.1, 0.15) is 22.1 Å². The Morgan fingerprint density at radius 1 is 1.04 bits per heavy atom. The Balaban J connectivity index is 1.92. The molecule has 8 heteroatoms. The van der Waals surface area contributed by atoms with E-state index >= 15 is 0 Å². The smallest absolute Gasteiger partial charge is 0.407 e. The SMILES string of the molecule is O=C(O)c1cnc(N2CCN(C(=O)O)CC2c2ccccc2)cn1. The van der Waals surface area contributed by atoms with Crippen LogP contribution in [-0.4, -0.2) is 56.8 Å². The quantitative estimate of drug-likeness (QED) is 0.883. The van der Waals surface area contributed by atoms with Crippen molar-refractivity contribution in [1.29, 1.82) is 0 Å². The van der Waals surface area contributed by atoms with E-state index in [1.165, 1.54) is 17.3 Å². The van der Waals surface area contributed by atoms with Crippen molar-refractivity contribution in [3.63, 3.8) is 0 Å². The average molecular weight is 328 g/mol. The van der Waals surface area contributed by atoms with Gasteiger partial charge in [-0.3, -0.25) is 0 Å². The van der Waals surface area contributed by atoms with Crippen molar-refractivity contribution in [2.24, 2.45) is 0 Å². The lowest BCUT2D eigenvalue weighted by Gasteiger charge is -2.41. The first-order valence-corrected chi connectivity index (χ1v) is 7.41. The molecule has 0 radical (unpaired) electrons. The maximum atomic E-state index is 11.3. The van der Waals surface area contributed by atoms with Crippen LogP contribution in [0.5, 0.6) is 0 Å². The molecule has 2 heterocycles. The van der Waals surface area contributed by atoms with E-state index in [1.807, 2.05) is 35.2 Å². The van der Waals surface area contributed by atoms with Crippen LogP contribution in [0.15, 0.2) is 42.7 Å². The van der Waals surface area contributed by atoms with Crippen molar-refractivity contribution in [2.45, 2.75) is 6.04 Å². The number of amides is 1. The molecule has 1 aromatic carbocycles. The number of anilines is 1. The summed E-state index contributed by atoms with van der Waals surface area (Å²) in [5, 5.41) is 18.2. The number of piperazine rings is 1. The van der Waals surface area contributed by atoms with E-state index in [2.05, 4.69) is 9.97 Å². The van der Waals surface area contributed by atoms with E-state index in [9.17, 15) is 14.7 Å². The molecule has 1 amide bonds. The number of benzene rings is 1. The van der Waals surface area contributed by atoms with Gasteiger partial charge in [-0.05, 0) is 5.56 Å². The van der Waals surface area contributed by atoms with Crippen molar-refractivity contribution in [3.8, 4) is 0 Å². The molecule has 124 valence electrons. The van der Waals surface area contributed by atoms with Crippen LogP contribution in [0.2, 0.25) is 0 Å². The van der Waals surface area contributed by atoms with Crippen molar-refractivity contribution in [2.75, 3.05) is 24.5 Å². The Bertz CT molecular complexity index is 736. The molecule has 1 saturated heterocycles. The topological polar surface area (TPSA) is 107 Å². The van der Waals surface area contributed by atoms with Gasteiger partial charge in [0.15, 0.2) is 5.69 Å². The summed E-state index contributed by atoms with van der Waals surface area (Å²) in [6.45, 7) is 1.11. The van der Waals surface area contributed by atoms with Gasteiger partial charge in [0.05, 0.1) is 18.4 Å². The molecule has 24 heavy (non-hydrogen) atoms. The van der Waals surface area contributed by atoms with Crippen molar-refractivity contribution in [3.05, 3.63) is 54.0 Å². The first-order valence-electron chi connectivity index (χ1n) is 7.41. The molecule has 1 aromatic heterocycles. The molecule has 0 aliphatic carbocycles. The van der Waals surface area contributed by atoms with Gasteiger partial charge in [0.2, 0.25) is 0 Å². The van der Waals surface area contributed by atoms with Gasteiger partial charge in [-0.2, -0.15) is 0 Å². The molecule has 8 nitrogen and oxygen atoms in total. The van der Waals surface area contributed by atoms with Crippen LogP contribution in [0, 0.1) is 0 Å². The van der Waals surface area contributed by atoms with Gasteiger partial charge in [-0.25, -0.2) is 19.6 Å². The number of aromatic nitrogens is 2. The molecule has 1 atom stereocenters. The van der Waals surface area contributed by atoms with E-state index in [0.29, 0.717) is 25.5 Å². The number of carbonyl (C=O) groups is 2. The first kappa shape index (κ1) is 15.7. The summed E-state index contributed by atoms with van der Waals surface area (Å²) >= 11 is 0. The minimum absolute atomic E-state index is 0.126. The van der Waals surface area contributed by atoms with Crippen molar-refractivity contribution >= 4 is 17.9 Å². The third-order valence-corrected chi connectivity index (χ3v) is 3.99. The van der Waals surface area contributed by atoms with Crippen molar-refractivity contribution < 1.29 is 19.8 Å². The molecule has 1 fully saturated rings. The zero-order chi connectivity index (χ0) is 17.1. The number of aromatic carboxylic acids is 1. The van der Waals surface area contributed by atoms with Gasteiger partial charge in [0, 0.05) is 19.6 Å². The number of rotatable bonds is 3. The van der Waals surface area contributed by atoms with Crippen LogP contribution in [0.25, 0.3) is 0 Å². The summed E-state index contributed by atoms with van der Waals surface area (Å²) in [6, 6.07) is 9.34. The summed E-state index contributed by atoms with van der Waals surface area (Å²) in [5.74, 6) is -0.608. The molecule has 0 bridgehead atoms. The van der Waals surface area contributed by atoms with Gasteiger partial charge >= 0.3 is 12.1 Å². The Kier molecular flexibility index (Phi) is 4.28. The third kappa shape index (κ3) is 3.12. The summed E-state index contributed by atoms with van der Waals surface area (Å²) in [6.07, 6.45) is 1.67. The fraction of sp³-hybridized carbons (Fsp3) is 0.250. The van der Waals surface area contributed by atoms with Gasteiger partial charge < -0.3 is 20.0 Å². The summed E-state index contributed by atoms with van der Waals surface area (Å²) < 4.78 is 0. The molecule has 1 aliphatic rings. The normalized spacial score (nSPS) is 17.6. The Hall–Kier alpha value is -3.16. The van der Waals surface area contributed by atoms with Gasteiger partial charge in [0.1, 0.15) is 5.82 Å². The zero-order valence-electron chi connectivity index (χ0n) is 12.7. The second-order valence-electron chi connectivity index (χ2n) is 5.41. The highest BCUT2D eigenvalue weighted by molar-refractivity contribution is 5.84. The minimum Gasteiger partial charge on any atom is -0.476 e. The maximum absolute atomic E-state index is 11.3. The highest BCUT2D eigenvalue weighted by Crippen LogP contribution is 2.29. The molecule has 0 saturated carbocycles. The Morgan fingerprint density at radius 2 is 1.79 bits per heavy atom. The second kappa shape index (κ2) is 6.53. The highest BCUT2D eigenvalue weighted by Gasteiger charge is 2.31. The average Bonchev–Trinajstić information content (AvgIpc) is 2.62. The molecule has 2 N–H and O–H groups in total. The second-order valence-corrected chi connectivity index (χ2v) is 5.41. The lowest BCUT2D eigenvalue weighted by molar-refractivity contribution is 0.0689. The minimum atomic E-state index is -1.13. The highest BCUT2D eigenvalue weighted by atomic mass is 16.4. The van der Waals surface area contributed by atoms with Crippen molar-refractivity contribution in [1.82, 2.24) is 14.9 Å². The number of carboxylic acids is 1. The third-order valence-electron chi connectivity index (χ3n) is 3.99. The number of nitrogens with zero attached hydrogens (tertiary/aromatic N) is 4. The molecule has 1 aliphatic heterocycles. The summed E-state index contributed by atoms with van der Waals surface area (Å²) in [4.78, 5) is 33.6.